The van der Waals surface area contributed by atoms with Crippen molar-refractivity contribution in [2.75, 3.05) is 0 Å². The van der Waals surface area contributed by atoms with Crippen molar-refractivity contribution in [3.05, 3.63) is 36.5 Å². The molecule has 0 aromatic carbocycles. The standard InChI is InChI=1S/C20H30O6/c1-2-3-6-9-15(21)12-13-18-16(17(22)14-20(25)26-18)10-7-4-5-8-11-19(23)24/h3-4,6-7,12-13,15-18,21-22H,2,5,8-11,14H2,1H3,(H,23,24)/b6-3-,7-4-,13-12+/t15-,16-,17-,18+/m0/s1. The van der Waals surface area contributed by atoms with Crippen LogP contribution < -0.4 is 0 Å². The second-order valence-corrected chi connectivity index (χ2v) is 6.45. The first-order valence-corrected chi connectivity index (χ1v) is 9.19. The number of cyclic esters (lactones) is 1. The maximum atomic E-state index is 11.6. The number of carboxylic acids is 1. The van der Waals surface area contributed by atoms with Gasteiger partial charge in [0.2, 0.25) is 0 Å². The van der Waals surface area contributed by atoms with Gasteiger partial charge < -0.3 is 20.1 Å². The Labute approximate surface area is 154 Å². The summed E-state index contributed by atoms with van der Waals surface area (Å²) in [5.41, 5.74) is 0. The van der Waals surface area contributed by atoms with Crippen LogP contribution in [-0.2, 0) is 14.3 Å². The van der Waals surface area contributed by atoms with E-state index in [1.54, 1.807) is 12.2 Å². The van der Waals surface area contributed by atoms with Crippen LogP contribution >= 0.6 is 0 Å². The maximum absolute atomic E-state index is 11.6. The summed E-state index contributed by atoms with van der Waals surface area (Å²) < 4.78 is 5.33. The average molecular weight is 366 g/mol. The Morgan fingerprint density at radius 3 is 2.77 bits per heavy atom. The highest BCUT2D eigenvalue weighted by molar-refractivity contribution is 5.71. The number of unbranched alkanes of at least 4 members (excludes halogenated alkanes) is 1. The van der Waals surface area contributed by atoms with Gasteiger partial charge in [-0.1, -0.05) is 37.3 Å². The van der Waals surface area contributed by atoms with Gasteiger partial charge in [-0.15, -0.1) is 0 Å². The Balaban J connectivity index is 2.58. The molecule has 4 atom stereocenters. The first-order chi connectivity index (χ1) is 12.4. The fourth-order valence-corrected chi connectivity index (χ4v) is 2.76. The van der Waals surface area contributed by atoms with E-state index in [0.717, 1.165) is 6.42 Å². The van der Waals surface area contributed by atoms with E-state index in [1.807, 2.05) is 31.2 Å². The number of aliphatic carboxylic acids is 1. The molecule has 1 fully saturated rings. The van der Waals surface area contributed by atoms with Crippen molar-refractivity contribution in [3.63, 3.8) is 0 Å². The Kier molecular flexibility index (Phi) is 10.6. The van der Waals surface area contributed by atoms with Crippen LogP contribution in [0.25, 0.3) is 0 Å². The number of carbonyl (C=O) groups is 2. The average Bonchev–Trinajstić information content (AvgIpc) is 2.57. The van der Waals surface area contributed by atoms with E-state index in [1.165, 1.54) is 0 Å². The number of hydrogen-bond donors (Lipinski definition) is 3. The van der Waals surface area contributed by atoms with Gasteiger partial charge >= 0.3 is 11.9 Å². The van der Waals surface area contributed by atoms with Gasteiger partial charge in [-0.3, -0.25) is 9.59 Å². The molecule has 3 N–H and O–H groups in total. The summed E-state index contributed by atoms with van der Waals surface area (Å²) in [4.78, 5) is 22.1. The molecule has 0 bridgehead atoms. The third-order valence-electron chi connectivity index (χ3n) is 4.20. The molecule has 0 radical (unpaired) electrons. The summed E-state index contributed by atoms with van der Waals surface area (Å²) in [6.45, 7) is 2.02. The van der Waals surface area contributed by atoms with Crippen molar-refractivity contribution in [1.82, 2.24) is 0 Å². The fourth-order valence-electron chi connectivity index (χ4n) is 2.76. The van der Waals surface area contributed by atoms with Crippen molar-refractivity contribution in [1.29, 1.82) is 0 Å². The van der Waals surface area contributed by atoms with Crippen LogP contribution in [0.1, 0.15) is 51.9 Å². The molecule has 0 spiro atoms. The molecule has 0 saturated carbocycles. The zero-order chi connectivity index (χ0) is 19.4. The molecule has 0 aromatic heterocycles. The second kappa shape index (κ2) is 12.4. The highest BCUT2D eigenvalue weighted by Crippen LogP contribution is 2.27. The summed E-state index contributed by atoms with van der Waals surface area (Å²) >= 11 is 0. The zero-order valence-electron chi connectivity index (χ0n) is 15.3. The Bertz CT molecular complexity index is 522. The van der Waals surface area contributed by atoms with E-state index >= 15 is 0 Å². The lowest BCUT2D eigenvalue weighted by Gasteiger charge is -2.32. The number of carbonyl (C=O) groups excluding carboxylic acids is 1. The third-order valence-corrected chi connectivity index (χ3v) is 4.20. The van der Waals surface area contributed by atoms with Gasteiger partial charge in [0.05, 0.1) is 18.6 Å². The summed E-state index contributed by atoms with van der Waals surface area (Å²) in [7, 11) is 0. The monoisotopic (exact) mass is 366 g/mol. The number of esters is 1. The van der Waals surface area contributed by atoms with Crippen molar-refractivity contribution < 1.29 is 29.6 Å². The van der Waals surface area contributed by atoms with Gasteiger partial charge in [0.1, 0.15) is 6.10 Å². The van der Waals surface area contributed by atoms with Crippen LogP contribution in [0.2, 0.25) is 0 Å². The molecule has 0 aromatic rings. The number of allylic oxidation sites excluding steroid dienone is 3. The highest BCUT2D eigenvalue weighted by atomic mass is 16.5. The smallest absolute Gasteiger partial charge is 0.309 e. The van der Waals surface area contributed by atoms with Gasteiger partial charge in [-0.05, 0) is 38.2 Å². The molecule has 26 heavy (non-hydrogen) atoms. The lowest BCUT2D eigenvalue weighted by atomic mass is 9.87. The minimum Gasteiger partial charge on any atom is -0.481 e. The van der Waals surface area contributed by atoms with E-state index in [-0.39, 0.29) is 18.8 Å². The molecule has 1 rings (SSSR count). The highest BCUT2D eigenvalue weighted by Gasteiger charge is 2.35. The number of carboxylic acid groups (broad SMARTS) is 1. The van der Waals surface area contributed by atoms with E-state index in [4.69, 9.17) is 9.84 Å². The van der Waals surface area contributed by atoms with E-state index in [9.17, 15) is 19.8 Å². The minimum atomic E-state index is -0.814. The minimum absolute atomic E-state index is 0.0380. The van der Waals surface area contributed by atoms with Crippen LogP contribution in [0.3, 0.4) is 0 Å². The molecule has 6 heteroatoms. The number of ether oxygens (including phenoxy) is 1. The zero-order valence-corrected chi connectivity index (χ0v) is 15.3. The second-order valence-electron chi connectivity index (χ2n) is 6.45. The SMILES string of the molecule is CC/C=C\C[C@H](O)/C=C/[C@H]1OC(=O)C[C@H](O)[C@@H]1C/C=C\CCCC(=O)O. The first kappa shape index (κ1) is 22.1. The van der Waals surface area contributed by atoms with Crippen LogP contribution in [0, 0.1) is 5.92 Å². The topological polar surface area (TPSA) is 104 Å². The van der Waals surface area contributed by atoms with Crippen LogP contribution in [0.4, 0.5) is 0 Å². The quantitative estimate of drug-likeness (QED) is 0.295. The molecule has 6 nitrogen and oxygen atoms in total. The molecular weight excluding hydrogens is 336 g/mol. The van der Waals surface area contributed by atoms with Gasteiger partial charge in [-0.2, -0.15) is 0 Å². The maximum Gasteiger partial charge on any atom is 0.309 e. The largest absolute Gasteiger partial charge is 0.481 e. The lowest BCUT2D eigenvalue weighted by molar-refractivity contribution is -0.163. The molecule has 146 valence electrons. The van der Waals surface area contributed by atoms with Crippen LogP contribution in [0.5, 0.6) is 0 Å². The van der Waals surface area contributed by atoms with Crippen LogP contribution in [0.15, 0.2) is 36.5 Å². The van der Waals surface area contributed by atoms with Crippen molar-refractivity contribution >= 4 is 11.9 Å². The van der Waals surface area contributed by atoms with Gasteiger partial charge in [0.25, 0.3) is 0 Å². The predicted molar refractivity (Wildman–Crippen MR) is 98.4 cm³/mol. The Hall–Kier alpha value is -1.92. The number of hydrogen-bond acceptors (Lipinski definition) is 5. The molecule has 1 saturated heterocycles. The molecular formula is C20H30O6. The van der Waals surface area contributed by atoms with Gasteiger partial charge in [-0.25, -0.2) is 0 Å². The summed E-state index contributed by atoms with van der Waals surface area (Å²) in [6.07, 6.45) is 12.1. The predicted octanol–water partition coefficient (Wildman–Crippen LogP) is 2.75. The summed E-state index contributed by atoms with van der Waals surface area (Å²) in [6, 6.07) is 0. The number of aliphatic hydroxyl groups is 2. The normalized spacial score (nSPS) is 25.2. The fraction of sp³-hybridized carbons (Fsp3) is 0.600. The van der Waals surface area contributed by atoms with E-state index in [2.05, 4.69) is 0 Å². The number of rotatable bonds is 11. The molecule has 0 aliphatic carbocycles. The molecule has 1 aliphatic rings. The summed E-state index contributed by atoms with van der Waals surface area (Å²) in [5.74, 6) is -1.54. The van der Waals surface area contributed by atoms with Crippen LogP contribution in [-0.4, -0.2) is 45.6 Å². The van der Waals surface area contributed by atoms with Gasteiger partial charge in [0, 0.05) is 12.3 Å². The van der Waals surface area contributed by atoms with E-state index < -0.39 is 30.3 Å². The van der Waals surface area contributed by atoms with E-state index in [0.29, 0.717) is 25.7 Å². The number of aliphatic hydroxyl groups excluding tert-OH is 2. The Morgan fingerprint density at radius 2 is 2.08 bits per heavy atom. The van der Waals surface area contributed by atoms with Crippen molar-refractivity contribution in [2.45, 2.75) is 70.2 Å². The van der Waals surface area contributed by atoms with Gasteiger partial charge in [0.15, 0.2) is 0 Å². The Morgan fingerprint density at radius 1 is 1.31 bits per heavy atom. The summed E-state index contributed by atoms with van der Waals surface area (Å²) in [5, 5.41) is 28.7. The molecule has 1 aliphatic heterocycles. The molecule has 0 amide bonds. The van der Waals surface area contributed by atoms with Crippen molar-refractivity contribution in [2.24, 2.45) is 5.92 Å². The first-order valence-electron chi connectivity index (χ1n) is 9.19. The third kappa shape index (κ3) is 8.97. The molecule has 1 heterocycles. The van der Waals surface area contributed by atoms with Crippen molar-refractivity contribution in [3.8, 4) is 0 Å². The lowest BCUT2D eigenvalue weighted by Crippen LogP contribution is -2.41. The molecule has 0 unspecified atom stereocenters.